The molecule has 3 nitrogen and oxygen atoms in total. The summed E-state index contributed by atoms with van der Waals surface area (Å²) < 4.78 is 27.6. The maximum absolute atomic E-state index is 12.0. The van der Waals surface area contributed by atoms with Crippen LogP contribution in [0, 0.1) is 0 Å². The molecule has 2 aromatic carbocycles. The lowest BCUT2D eigenvalue weighted by molar-refractivity contribution is 0.578. The first kappa shape index (κ1) is 17.5. The lowest BCUT2D eigenvalue weighted by Crippen LogP contribution is -2.26. The molecule has 1 N–H and O–H groups in total. The maximum atomic E-state index is 12.0. The van der Waals surface area contributed by atoms with Gasteiger partial charge in [-0.05, 0) is 42.2 Å². The van der Waals surface area contributed by atoms with Crippen molar-refractivity contribution in [2.75, 3.05) is 6.54 Å². The molecule has 0 spiro atoms. The van der Waals surface area contributed by atoms with Crippen LogP contribution >= 0.6 is 27.5 Å². The van der Waals surface area contributed by atoms with E-state index in [2.05, 4.69) is 20.7 Å². The van der Waals surface area contributed by atoms with E-state index in [-0.39, 0.29) is 5.75 Å². The molecule has 0 radical (unpaired) electrons. The van der Waals surface area contributed by atoms with Crippen LogP contribution in [0.15, 0.2) is 53.0 Å². The third-order valence-corrected chi connectivity index (χ3v) is 5.43. The van der Waals surface area contributed by atoms with Crippen molar-refractivity contribution in [2.24, 2.45) is 0 Å². The predicted molar refractivity (Wildman–Crippen MR) is 94.5 cm³/mol. The second kappa shape index (κ2) is 8.11. The van der Waals surface area contributed by atoms with Crippen LogP contribution in [0.2, 0.25) is 5.02 Å². The zero-order valence-corrected chi connectivity index (χ0v) is 15.1. The zero-order chi connectivity index (χ0) is 16.0. The molecule has 0 saturated heterocycles. The average molecular weight is 403 g/mol. The number of aryl methyl sites for hydroxylation is 1. The van der Waals surface area contributed by atoms with Gasteiger partial charge in [-0.1, -0.05) is 57.9 Å². The first-order valence-electron chi connectivity index (χ1n) is 6.91. The van der Waals surface area contributed by atoms with E-state index in [1.165, 1.54) is 0 Å². The SMILES string of the molecule is O=S(=O)(Cc1ccc(Br)cc1)NCCCc1ccccc1Cl. The van der Waals surface area contributed by atoms with Gasteiger partial charge in [0.05, 0.1) is 5.75 Å². The van der Waals surface area contributed by atoms with Crippen LogP contribution in [0.1, 0.15) is 17.5 Å². The lowest BCUT2D eigenvalue weighted by Gasteiger charge is -2.08. The van der Waals surface area contributed by atoms with Crippen molar-refractivity contribution >= 4 is 37.6 Å². The Morgan fingerprint density at radius 3 is 2.41 bits per heavy atom. The molecule has 0 bridgehead atoms. The molecule has 0 amide bonds. The number of nitrogens with one attached hydrogen (secondary N) is 1. The van der Waals surface area contributed by atoms with Gasteiger partial charge in [0.2, 0.25) is 10.0 Å². The lowest BCUT2D eigenvalue weighted by atomic mass is 10.1. The predicted octanol–water partition coefficient (Wildman–Crippen LogP) is 4.15. The summed E-state index contributed by atoms with van der Waals surface area (Å²) in [5.74, 6) is -0.00757. The molecule has 0 fully saturated rings. The molecule has 0 unspecified atom stereocenters. The third kappa shape index (κ3) is 5.72. The summed E-state index contributed by atoms with van der Waals surface area (Å²) in [7, 11) is -3.31. The van der Waals surface area contributed by atoms with E-state index in [0.717, 1.165) is 27.0 Å². The molecular weight excluding hydrogens is 386 g/mol. The Balaban J connectivity index is 1.80. The minimum atomic E-state index is -3.31. The molecule has 6 heteroatoms. The molecule has 0 heterocycles. The van der Waals surface area contributed by atoms with Crippen molar-refractivity contribution in [3.8, 4) is 0 Å². The Morgan fingerprint density at radius 2 is 1.73 bits per heavy atom. The van der Waals surface area contributed by atoms with Gasteiger partial charge in [0.15, 0.2) is 0 Å². The fraction of sp³-hybridized carbons (Fsp3) is 0.250. The van der Waals surface area contributed by atoms with E-state index >= 15 is 0 Å². The zero-order valence-electron chi connectivity index (χ0n) is 11.9. The minimum absolute atomic E-state index is 0.00757. The van der Waals surface area contributed by atoms with Gasteiger partial charge in [-0.25, -0.2) is 13.1 Å². The monoisotopic (exact) mass is 401 g/mol. The van der Waals surface area contributed by atoms with Gasteiger partial charge in [-0.15, -0.1) is 0 Å². The second-order valence-corrected chi connectivity index (χ2v) is 8.10. The van der Waals surface area contributed by atoms with E-state index in [1.807, 2.05) is 36.4 Å². The topological polar surface area (TPSA) is 46.2 Å². The number of rotatable bonds is 7. The largest absolute Gasteiger partial charge is 0.215 e. The van der Waals surface area contributed by atoms with Gasteiger partial charge >= 0.3 is 0 Å². The van der Waals surface area contributed by atoms with Crippen LogP contribution < -0.4 is 4.72 Å². The molecule has 22 heavy (non-hydrogen) atoms. The van der Waals surface area contributed by atoms with Crippen molar-refractivity contribution in [2.45, 2.75) is 18.6 Å². The van der Waals surface area contributed by atoms with E-state index in [1.54, 1.807) is 12.1 Å². The number of sulfonamides is 1. The smallest absolute Gasteiger partial charge is 0.215 e. The van der Waals surface area contributed by atoms with E-state index < -0.39 is 10.0 Å². The fourth-order valence-corrected chi connectivity index (χ4v) is 3.74. The highest BCUT2D eigenvalue weighted by Crippen LogP contribution is 2.16. The highest BCUT2D eigenvalue weighted by Gasteiger charge is 2.10. The summed E-state index contributed by atoms with van der Waals surface area (Å²) in [6.07, 6.45) is 1.46. The van der Waals surface area contributed by atoms with Crippen LogP contribution in [-0.2, 0) is 22.2 Å². The first-order chi connectivity index (χ1) is 10.5. The summed E-state index contributed by atoms with van der Waals surface area (Å²) in [6.45, 7) is 0.407. The molecule has 0 saturated carbocycles. The van der Waals surface area contributed by atoms with Gasteiger partial charge in [0.25, 0.3) is 0 Å². The highest BCUT2D eigenvalue weighted by atomic mass is 79.9. The van der Waals surface area contributed by atoms with Crippen LogP contribution in [0.25, 0.3) is 0 Å². The average Bonchev–Trinajstić information content (AvgIpc) is 2.47. The van der Waals surface area contributed by atoms with Crippen molar-refractivity contribution in [1.82, 2.24) is 4.72 Å². The number of benzene rings is 2. The van der Waals surface area contributed by atoms with Gasteiger partial charge in [0, 0.05) is 16.0 Å². The van der Waals surface area contributed by atoms with Crippen molar-refractivity contribution < 1.29 is 8.42 Å². The molecule has 0 atom stereocenters. The third-order valence-electron chi connectivity index (χ3n) is 3.17. The number of hydrogen-bond donors (Lipinski definition) is 1. The normalized spacial score (nSPS) is 11.5. The molecule has 2 aromatic rings. The second-order valence-electron chi connectivity index (χ2n) is 4.97. The van der Waals surface area contributed by atoms with Crippen LogP contribution in [0.5, 0.6) is 0 Å². The van der Waals surface area contributed by atoms with Crippen molar-refractivity contribution in [3.63, 3.8) is 0 Å². The Labute approximate surface area is 144 Å². The summed E-state index contributed by atoms with van der Waals surface area (Å²) in [5, 5.41) is 0.722. The maximum Gasteiger partial charge on any atom is 0.215 e. The highest BCUT2D eigenvalue weighted by molar-refractivity contribution is 9.10. The molecule has 0 aliphatic heterocycles. The van der Waals surface area contributed by atoms with Crippen LogP contribution in [-0.4, -0.2) is 15.0 Å². The molecule has 0 aliphatic carbocycles. The summed E-state index contributed by atoms with van der Waals surface area (Å²) in [5.41, 5.74) is 1.80. The Kier molecular flexibility index (Phi) is 6.44. The quantitative estimate of drug-likeness (QED) is 0.707. The van der Waals surface area contributed by atoms with E-state index in [0.29, 0.717) is 13.0 Å². The molecule has 118 valence electrons. The number of hydrogen-bond acceptors (Lipinski definition) is 2. The molecule has 2 rings (SSSR count). The van der Waals surface area contributed by atoms with E-state index in [9.17, 15) is 8.42 Å². The Morgan fingerprint density at radius 1 is 1.05 bits per heavy atom. The summed E-state index contributed by atoms with van der Waals surface area (Å²) in [4.78, 5) is 0. The first-order valence-corrected chi connectivity index (χ1v) is 9.74. The standard InChI is InChI=1S/C16H17BrClNO2S/c17-15-9-7-13(8-10-15)12-22(20,21)19-11-3-5-14-4-1-2-6-16(14)18/h1-2,4,6-10,19H,3,5,11-12H2. The minimum Gasteiger partial charge on any atom is -0.215 e. The molecule has 0 aliphatic rings. The fourth-order valence-electron chi connectivity index (χ4n) is 2.06. The Bertz CT molecular complexity index is 717. The van der Waals surface area contributed by atoms with Crippen LogP contribution in [0.4, 0.5) is 0 Å². The van der Waals surface area contributed by atoms with Crippen molar-refractivity contribution in [3.05, 3.63) is 69.2 Å². The summed E-state index contributed by atoms with van der Waals surface area (Å²) >= 11 is 9.40. The van der Waals surface area contributed by atoms with Gasteiger partial charge in [-0.2, -0.15) is 0 Å². The number of halogens is 2. The van der Waals surface area contributed by atoms with E-state index in [4.69, 9.17) is 11.6 Å². The summed E-state index contributed by atoms with van der Waals surface area (Å²) in [6, 6.07) is 14.9. The Hall–Kier alpha value is -0.880. The molecular formula is C16H17BrClNO2S. The molecule has 0 aromatic heterocycles. The van der Waals surface area contributed by atoms with Gasteiger partial charge < -0.3 is 0 Å². The van der Waals surface area contributed by atoms with Crippen molar-refractivity contribution in [1.29, 1.82) is 0 Å². The van der Waals surface area contributed by atoms with Crippen LogP contribution in [0.3, 0.4) is 0 Å². The van der Waals surface area contributed by atoms with Gasteiger partial charge in [0.1, 0.15) is 0 Å². The van der Waals surface area contributed by atoms with Gasteiger partial charge in [-0.3, -0.25) is 0 Å².